The number of hydrogen-bond donors (Lipinski definition) is 1. The lowest BCUT2D eigenvalue weighted by molar-refractivity contribution is -0.0392. The van der Waals surface area contributed by atoms with Crippen molar-refractivity contribution in [1.82, 2.24) is 20.1 Å². The highest BCUT2D eigenvalue weighted by molar-refractivity contribution is 6.36. The summed E-state index contributed by atoms with van der Waals surface area (Å²) in [7, 11) is 0. The topological polar surface area (TPSA) is 57.7 Å². The Labute approximate surface area is 186 Å². The number of urea groups is 1. The third-order valence-corrected chi connectivity index (χ3v) is 6.83. The maximum atomic E-state index is 12.9. The maximum Gasteiger partial charge on any atom is 0.320 e. The molecular weight excluding hydrogens is 423 g/mol. The fraction of sp³-hybridized carbons (Fsp3) is 0.455. The Morgan fingerprint density at radius 1 is 1.13 bits per heavy atom. The number of nitrogens with one attached hydrogen (secondary N) is 1. The quantitative estimate of drug-likeness (QED) is 0.764. The SMILES string of the molecule is O=C(N1CC(c2ccc(-c3ccc(Cl)cc3Cl)nc2)C1)N1CC[C@@H]2OCCN[C@@H]2C1. The molecule has 158 valence electrons. The van der Waals surface area contributed by atoms with Crippen LogP contribution in [0.5, 0.6) is 0 Å². The number of likely N-dealkylation sites (tertiary alicyclic amines) is 2. The van der Waals surface area contributed by atoms with Gasteiger partial charge in [0.05, 0.1) is 29.5 Å². The van der Waals surface area contributed by atoms with Crippen molar-refractivity contribution in [3.8, 4) is 11.3 Å². The molecule has 0 spiro atoms. The molecule has 0 saturated carbocycles. The monoisotopic (exact) mass is 446 g/mol. The number of carbonyl (C=O) groups is 1. The lowest BCUT2D eigenvalue weighted by Crippen LogP contribution is -2.62. The summed E-state index contributed by atoms with van der Waals surface area (Å²) in [4.78, 5) is 21.4. The molecule has 0 radical (unpaired) electrons. The molecule has 5 rings (SSSR count). The molecule has 3 aliphatic heterocycles. The summed E-state index contributed by atoms with van der Waals surface area (Å²) in [6.45, 7) is 4.58. The van der Waals surface area contributed by atoms with E-state index < -0.39 is 0 Å². The van der Waals surface area contributed by atoms with E-state index in [0.717, 1.165) is 62.6 Å². The molecule has 3 aliphatic rings. The summed E-state index contributed by atoms with van der Waals surface area (Å²) in [6, 6.07) is 9.86. The number of piperidine rings is 1. The van der Waals surface area contributed by atoms with Gasteiger partial charge in [-0.3, -0.25) is 4.98 Å². The van der Waals surface area contributed by atoms with E-state index in [9.17, 15) is 4.79 Å². The first kappa shape index (κ1) is 20.1. The van der Waals surface area contributed by atoms with Gasteiger partial charge in [0, 0.05) is 55.4 Å². The fourth-order valence-corrected chi connectivity index (χ4v) is 5.01. The maximum absolute atomic E-state index is 12.9. The zero-order valence-electron chi connectivity index (χ0n) is 16.6. The Balaban J connectivity index is 1.18. The number of aromatic nitrogens is 1. The van der Waals surface area contributed by atoms with E-state index in [1.54, 1.807) is 6.07 Å². The number of fused-ring (bicyclic) bond motifs is 1. The van der Waals surface area contributed by atoms with Crippen LogP contribution >= 0.6 is 23.2 Å². The van der Waals surface area contributed by atoms with E-state index in [-0.39, 0.29) is 18.2 Å². The van der Waals surface area contributed by atoms with Crippen LogP contribution < -0.4 is 5.32 Å². The highest BCUT2D eigenvalue weighted by atomic mass is 35.5. The van der Waals surface area contributed by atoms with Crippen molar-refractivity contribution in [2.75, 3.05) is 39.3 Å². The molecule has 8 heteroatoms. The number of amides is 2. The molecule has 1 N–H and O–H groups in total. The normalized spacial score (nSPS) is 24.3. The number of rotatable bonds is 2. The van der Waals surface area contributed by atoms with Crippen LogP contribution in [0.25, 0.3) is 11.3 Å². The minimum atomic E-state index is 0.134. The van der Waals surface area contributed by atoms with Crippen molar-refractivity contribution < 1.29 is 9.53 Å². The van der Waals surface area contributed by atoms with E-state index in [1.807, 2.05) is 34.2 Å². The predicted octanol–water partition coefficient (Wildman–Crippen LogP) is 3.64. The lowest BCUT2D eigenvalue weighted by Gasteiger charge is -2.46. The van der Waals surface area contributed by atoms with Gasteiger partial charge in [-0.2, -0.15) is 0 Å². The van der Waals surface area contributed by atoms with Gasteiger partial charge in [0.15, 0.2) is 0 Å². The number of ether oxygens (including phenoxy) is 1. The molecule has 4 heterocycles. The fourth-order valence-electron chi connectivity index (χ4n) is 4.50. The second-order valence-electron chi connectivity index (χ2n) is 8.19. The molecule has 2 atom stereocenters. The summed E-state index contributed by atoms with van der Waals surface area (Å²) >= 11 is 12.3. The van der Waals surface area contributed by atoms with Gasteiger partial charge >= 0.3 is 6.03 Å². The molecule has 2 aromatic rings. The second kappa shape index (κ2) is 8.35. The molecule has 3 saturated heterocycles. The van der Waals surface area contributed by atoms with E-state index in [1.165, 1.54) is 0 Å². The third-order valence-electron chi connectivity index (χ3n) is 6.28. The third kappa shape index (κ3) is 3.89. The van der Waals surface area contributed by atoms with Crippen LogP contribution in [0.1, 0.15) is 17.9 Å². The first-order chi connectivity index (χ1) is 14.6. The molecule has 30 heavy (non-hydrogen) atoms. The van der Waals surface area contributed by atoms with E-state index in [4.69, 9.17) is 27.9 Å². The van der Waals surface area contributed by atoms with E-state index >= 15 is 0 Å². The van der Waals surface area contributed by atoms with E-state index in [0.29, 0.717) is 16.0 Å². The van der Waals surface area contributed by atoms with Crippen LogP contribution in [0.4, 0.5) is 4.79 Å². The standard InChI is InChI=1S/C22H24Cl2N4O2/c23-16-2-3-17(18(24)9-16)19-4-1-14(10-26-19)15-11-28(12-15)22(29)27-7-5-21-20(13-27)25-6-8-30-21/h1-4,9-10,15,20-21,25H,5-8,11-13H2/t20-,21+/m1/s1. The van der Waals surface area contributed by atoms with Gasteiger partial charge in [-0.15, -0.1) is 0 Å². The van der Waals surface area contributed by atoms with Gasteiger partial charge in [-0.05, 0) is 36.2 Å². The predicted molar refractivity (Wildman–Crippen MR) is 117 cm³/mol. The second-order valence-corrected chi connectivity index (χ2v) is 9.03. The Hall–Kier alpha value is -1.86. The molecule has 6 nitrogen and oxygen atoms in total. The Morgan fingerprint density at radius 2 is 2.00 bits per heavy atom. The van der Waals surface area contributed by atoms with Crippen LogP contribution in [-0.4, -0.2) is 72.3 Å². The summed E-state index contributed by atoms with van der Waals surface area (Å²) in [5.74, 6) is 0.324. The van der Waals surface area contributed by atoms with Crippen LogP contribution in [0, 0.1) is 0 Å². The van der Waals surface area contributed by atoms with Crippen molar-refractivity contribution in [3.05, 3.63) is 52.1 Å². The molecule has 1 aromatic heterocycles. The summed E-state index contributed by atoms with van der Waals surface area (Å²) < 4.78 is 5.80. The van der Waals surface area contributed by atoms with Gasteiger partial charge in [0.25, 0.3) is 0 Å². The van der Waals surface area contributed by atoms with Crippen molar-refractivity contribution in [1.29, 1.82) is 0 Å². The molecule has 0 bridgehead atoms. The number of carbonyl (C=O) groups excluding carboxylic acids is 1. The summed E-state index contributed by atoms with van der Waals surface area (Å²) in [6.07, 6.45) is 3.03. The van der Waals surface area contributed by atoms with Crippen molar-refractivity contribution >= 4 is 29.2 Å². The van der Waals surface area contributed by atoms with Gasteiger partial charge in [0.1, 0.15) is 0 Å². The molecule has 3 fully saturated rings. The average molecular weight is 447 g/mol. The molecule has 0 aliphatic carbocycles. The number of nitrogens with zero attached hydrogens (tertiary/aromatic N) is 3. The van der Waals surface area contributed by atoms with Crippen LogP contribution in [-0.2, 0) is 4.74 Å². The minimum absolute atomic E-state index is 0.134. The number of pyridine rings is 1. The van der Waals surface area contributed by atoms with Gasteiger partial charge in [-0.1, -0.05) is 29.3 Å². The van der Waals surface area contributed by atoms with Gasteiger partial charge in [-0.25, -0.2) is 4.79 Å². The van der Waals surface area contributed by atoms with Crippen molar-refractivity contribution in [2.45, 2.75) is 24.5 Å². The zero-order valence-corrected chi connectivity index (χ0v) is 18.1. The number of hydrogen-bond acceptors (Lipinski definition) is 4. The van der Waals surface area contributed by atoms with E-state index in [2.05, 4.69) is 16.4 Å². The van der Waals surface area contributed by atoms with Gasteiger partial charge < -0.3 is 19.9 Å². The minimum Gasteiger partial charge on any atom is -0.375 e. The van der Waals surface area contributed by atoms with Crippen molar-refractivity contribution in [3.63, 3.8) is 0 Å². The zero-order chi connectivity index (χ0) is 20.7. The smallest absolute Gasteiger partial charge is 0.320 e. The lowest BCUT2D eigenvalue weighted by atomic mass is 9.92. The van der Waals surface area contributed by atoms with Crippen LogP contribution in [0.3, 0.4) is 0 Å². The molecule has 2 amide bonds. The first-order valence-electron chi connectivity index (χ1n) is 10.4. The van der Waals surface area contributed by atoms with Crippen LogP contribution in [0.2, 0.25) is 10.0 Å². The Morgan fingerprint density at radius 3 is 2.77 bits per heavy atom. The summed E-state index contributed by atoms with van der Waals surface area (Å²) in [5.41, 5.74) is 2.83. The first-order valence-corrected chi connectivity index (χ1v) is 11.1. The highest BCUT2D eigenvalue weighted by Crippen LogP contribution is 2.32. The summed E-state index contributed by atoms with van der Waals surface area (Å²) in [5, 5.41) is 4.67. The molecule has 1 aromatic carbocycles. The number of benzene rings is 1. The average Bonchev–Trinajstić information content (AvgIpc) is 2.73. The Kier molecular flexibility index (Phi) is 5.58. The molecule has 0 unspecified atom stereocenters. The number of morpholine rings is 1. The van der Waals surface area contributed by atoms with Crippen LogP contribution in [0.15, 0.2) is 36.5 Å². The molecular formula is C22H24Cl2N4O2. The Bertz CT molecular complexity index is 933. The largest absolute Gasteiger partial charge is 0.375 e. The van der Waals surface area contributed by atoms with Gasteiger partial charge in [0.2, 0.25) is 0 Å². The highest BCUT2D eigenvalue weighted by Gasteiger charge is 2.39. The van der Waals surface area contributed by atoms with Crippen molar-refractivity contribution in [2.24, 2.45) is 0 Å². The number of halogens is 2.